The van der Waals surface area contributed by atoms with E-state index in [1.807, 2.05) is 4.90 Å². The van der Waals surface area contributed by atoms with Gasteiger partial charge in [-0.15, -0.1) is 0 Å². The Morgan fingerprint density at radius 3 is 2.80 bits per heavy atom. The SMILES string of the molecule is O=Cc1cccc(F)c1N1CCC(N2CCOCC2)C1. The van der Waals surface area contributed by atoms with Gasteiger partial charge < -0.3 is 9.64 Å². The molecule has 2 fully saturated rings. The molecule has 0 spiro atoms. The smallest absolute Gasteiger partial charge is 0.152 e. The normalized spacial score (nSPS) is 24.1. The van der Waals surface area contributed by atoms with Crippen molar-refractivity contribution < 1.29 is 13.9 Å². The Morgan fingerprint density at radius 2 is 2.05 bits per heavy atom. The van der Waals surface area contributed by atoms with Gasteiger partial charge in [0.25, 0.3) is 0 Å². The summed E-state index contributed by atoms with van der Waals surface area (Å²) in [7, 11) is 0. The van der Waals surface area contributed by atoms with Gasteiger partial charge in [-0.3, -0.25) is 9.69 Å². The minimum absolute atomic E-state index is 0.308. The first-order chi connectivity index (χ1) is 9.79. The molecule has 3 rings (SSSR count). The number of ether oxygens (including phenoxy) is 1. The summed E-state index contributed by atoms with van der Waals surface area (Å²) in [5.74, 6) is -0.308. The van der Waals surface area contributed by atoms with E-state index in [-0.39, 0.29) is 5.82 Å². The highest BCUT2D eigenvalue weighted by Crippen LogP contribution is 2.28. The van der Waals surface area contributed by atoms with Crippen LogP contribution in [0.3, 0.4) is 0 Å². The Balaban J connectivity index is 1.75. The lowest BCUT2D eigenvalue weighted by Gasteiger charge is -2.32. The zero-order chi connectivity index (χ0) is 13.9. The Hall–Kier alpha value is -1.46. The third-order valence-electron chi connectivity index (χ3n) is 4.19. The van der Waals surface area contributed by atoms with Crippen LogP contribution < -0.4 is 4.90 Å². The number of para-hydroxylation sites is 1. The topological polar surface area (TPSA) is 32.8 Å². The van der Waals surface area contributed by atoms with Gasteiger partial charge in [0.15, 0.2) is 6.29 Å². The van der Waals surface area contributed by atoms with E-state index < -0.39 is 0 Å². The molecule has 2 aliphatic heterocycles. The molecule has 0 saturated carbocycles. The predicted molar refractivity (Wildman–Crippen MR) is 74.8 cm³/mol. The molecule has 0 N–H and O–H groups in total. The molecule has 0 amide bonds. The van der Waals surface area contributed by atoms with Crippen LogP contribution in [0.2, 0.25) is 0 Å². The second-order valence-electron chi connectivity index (χ2n) is 5.33. The average molecular weight is 278 g/mol. The van der Waals surface area contributed by atoms with Crippen molar-refractivity contribution in [1.29, 1.82) is 0 Å². The minimum Gasteiger partial charge on any atom is -0.379 e. The first kappa shape index (κ1) is 13.5. The third-order valence-corrected chi connectivity index (χ3v) is 4.19. The highest BCUT2D eigenvalue weighted by Gasteiger charge is 2.30. The molecule has 4 nitrogen and oxygen atoms in total. The van der Waals surface area contributed by atoms with Crippen molar-refractivity contribution in [3.8, 4) is 0 Å². The summed E-state index contributed by atoms with van der Waals surface area (Å²) in [6, 6.07) is 5.11. The highest BCUT2D eigenvalue weighted by atomic mass is 19.1. The largest absolute Gasteiger partial charge is 0.379 e. The van der Waals surface area contributed by atoms with E-state index in [1.54, 1.807) is 12.1 Å². The van der Waals surface area contributed by atoms with Gasteiger partial charge in [0.05, 0.1) is 18.9 Å². The Kier molecular flexibility index (Phi) is 3.98. The summed E-state index contributed by atoms with van der Waals surface area (Å²) in [5.41, 5.74) is 0.894. The van der Waals surface area contributed by atoms with E-state index in [1.165, 1.54) is 6.07 Å². The monoisotopic (exact) mass is 278 g/mol. The maximum absolute atomic E-state index is 14.0. The van der Waals surface area contributed by atoms with Crippen LogP contribution in [0.15, 0.2) is 18.2 Å². The molecule has 0 bridgehead atoms. The molecule has 0 aromatic heterocycles. The fourth-order valence-corrected chi connectivity index (χ4v) is 3.15. The lowest BCUT2D eigenvalue weighted by molar-refractivity contribution is 0.0209. The number of anilines is 1. The number of hydrogen-bond donors (Lipinski definition) is 0. The summed E-state index contributed by atoms with van der Waals surface area (Å²) in [6.45, 7) is 5.00. The van der Waals surface area contributed by atoms with Crippen LogP contribution in [-0.4, -0.2) is 56.6 Å². The van der Waals surface area contributed by atoms with E-state index in [2.05, 4.69) is 4.90 Å². The maximum Gasteiger partial charge on any atom is 0.152 e. The Morgan fingerprint density at radius 1 is 1.25 bits per heavy atom. The van der Waals surface area contributed by atoms with Crippen molar-refractivity contribution in [1.82, 2.24) is 4.90 Å². The zero-order valence-corrected chi connectivity index (χ0v) is 11.4. The number of carbonyl (C=O) groups is 1. The molecule has 20 heavy (non-hydrogen) atoms. The number of aldehydes is 1. The number of morpholine rings is 1. The van der Waals surface area contributed by atoms with Crippen molar-refractivity contribution in [2.75, 3.05) is 44.3 Å². The quantitative estimate of drug-likeness (QED) is 0.785. The minimum atomic E-state index is -0.308. The highest BCUT2D eigenvalue weighted by molar-refractivity contribution is 5.85. The second kappa shape index (κ2) is 5.89. The molecule has 1 aromatic carbocycles. The molecular formula is C15H19FN2O2. The molecule has 2 aliphatic rings. The van der Waals surface area contributed by atoms with Crippen LogP contribution in [0.4, 0.5) is 10.1 Å². The number of benzene rings is 1. The van der Waals surface area contributed by atoms with Gasteiger partial charge in [-0.1, -0.05) is 6.07 Å². The van der Waals surface area contributed by atoms with Crippen LogP contribution in [0.1, 0.15) is 16.8 Å². The number of halogens is 1. The van der Waals surface area contributed by atoms with Crippen LogP contribution in [-0.2, 0) is 4.74 Å². The fraction of sp³-hybridized carbons (Fsp3) is 0.533. The second-order valence-corrected chi connectivity index (χ2v) is 5.33. The summed E-state index contributed by atoms with van der Waals surface area (Å²) in [4.78, 5) is 15.5. The number of nitrogens with zero attached hydrogens (tertiary/aromatic N) is 2. The first-order valence-corrected chi connectivity index (χ1v) is 7.10. The first-order valence-electron chi connectivity index (χ1n) is 7.10. The van der Waals surface area contributed by atoms with Crippen molar-refractivity contribution >= 4 is 12.0 Å². The van der Waals surface area contributed by atoms with E-state index in [4.69, 9.17) is 4.74 Å². The van der Waals surface area contributed by atoms with Crippen molar-refractivity contribution in [2.45, 2.75) is 12.5 Å². The van der Waals surface area contributed by atoms with Gasteiger partial charge in [0, 0.05) is 37.8 Å². The average Bonchev–Trinajstić information content (AvgIpc) is 2.97. The molecule has 108 valence electrons. The van der Waals surface area contributed by atoms with Crippen LogP contribution in [0.5, 0.6) is 0 Å². The summed E-state index contributed by atoms with van der Waals surface area (Å²) in [6.07, 6.45) is 1.74. The molecule has 1 aromatic rings. The third kappa shape index (κ3) is 2.55. The van der Waals surface area contributed by atoms with Gasteiger partial charge in [0.2, 0.25) is 0 Å². The van der Waals surface area contributed by atoms with Crippen LogP contribution >= 0.6 is 0 Å². The van der Waals surface area contributed by atoms with Crippen LogP contribution in [0, 0.1) is 5.82 Å². The van der Waals surface area contributed by atoms with Gasteiger partial charge >= 0.3 is 0 Å². The van der Waals surface area contributed by atoms with E-state index in [0.717, 1.165) is 52.1 Å². The van der Waals surface area contributed by atoms with E-state index in [0.29, 0.717) is 17.3 Å². The van der Waals surface area contributed by atoms with Gasteiger partial charge in [-0.25, -0.2) is 4.39 Å². The molecule has 0 aliphatic carbocycles. The van der Waals surface area contributed by atoms with Crippen molar-refractivity contribution in [2.24, 2.45) is 0 Å². The lowest BCUT2D eigenvalue weighted by Crippen LogP contribution is -2.44. The number of hydrogen-bond acceptors (Lipinski definition) is 4. The summed E-state index contributed by atoms with van der Waals surface area (Å²) in [5, 5.41) is 0. The number of carbonyl (C=O) groups excluding carboxylic acids is 1. The molecule has 1 unspecified atom stereocenters. The molecule has 0 radical (unpaired) electrons. The van der Waals surface area contributed by atoms with Gasteiger partial charge in [-0.05, 0) is 18.6 Å². The van der Waals surface area contributed by atoms with Gasteiger partial charge in [-0.2, -0.15) is 0 Å². The number of rotatable bonds is 3. The molecule has 2 saturated heterocycles. The standard InChI is InChI=1S/C15H19FN2O2/c16-14-3-1-2-12(11-19)15(14)18-5-4-13(10-18)17-6-8-20-9-7-17/h1-3,11,13H,4-10H2. The Labute approximate surface area is 118 Å². The molecule has 1 atom stereocenters. The van der Waals surface area contributed by atoms with Gasteiger partial charge in [0.1, 0.15) is 5.82 Å². The fourth-order valence-electron chi connectivity index (χ4n) is 3.15. The zero-order valence-electron chi connectivity index (χ0n) is 11.4. The van der Waals surface area contributed by atoms with E-state index in [9.17, 15) is 9.18 Å². The molecule has 2 heterocycles. The van der Waals surface area contributed by atoms with Crippen LogP contribution in [0.25, 0.3) is 0 Å². The lowest BCUT2D eigenvalue weighted by atomic mass is 10.1. The maximum atomic E-state index is 14.0. The van der Waals surface area contributed by atoms with E-state index >= 15 is 0 Å². The van der Waals surface area contributed by atoms with Crippen molar-refractivity contribution in [3.05, 3.63) is 29.6 Å². The van der Waals surface area contributed by atoms with Crippen molar-refractivity contribution in [3.63, 3.8) is 0 Å². The Bertz CT molecular complexity index is 489. The summed E-state index contributed by atoms with van der Waals surface area (Å²) >= 11 is 0. The molecule has 5 heteroatoms. The summed E-state index contributed by atoms with van der Waals surface area (Å²) < 4.78 is 19.4. The predicted octanol–water partition coefficient (Wildman–Crippen LogP) is 1.55. The molecular weight excluding hydrogens is 259 g/mol.